The largest absolute Gasteiger partial charge is 0.458 e. The average Bonchev–Trinajstić information content (AvgIpc) is 3.19. The van der Waals surface area contributed by atoms with E-state index in [1.165, 1.54) is 140 Å². The number of hydrogen-bond acceptors (Lipinski definition) is 8. The van der Waals surface area contributed by atoms with Crippen LogP contribution in [0.1, 0.15) is 234 Å². The van der Waals surface area contributed by atoms with Crippen LogP contribution in [0.5, 0.6) is 0 Å². The first kappa shape index (κ1) is 56.8. The summed E-state index contributed by atoms with van der Waals surface area (Å²) in [5.41, 5.74) is -0.714. The number of rotatable bonds is 41. The third-order valence-corrected chi connectivity index (χ3v) is 11.6. The molecule has 0 aromatic carbocycles. The second-order valence-corrected chi connectivity index (χ2v) is 18.7. The van der Waals surface area contributed by atoms with Gasteiger partial charge in [0.1, 0.15) is 24.4 Å². The van der Waals surface area contributed by atoms with Gasteiger partial charge >= 0.3 is 18.2 Å². The molecule has 0 spiro atoms. The third kappa shape index (κ3) is 41.0. The smallest absolute Gasteiger partial charge is 0.407 e. The van der Waals surface area contributed by atoms with Gasteiger partial charge in [0.05, 0.1) is 0 Å². The van der Waals surface area contributed by atoms with Crippen molar-refractivity contribution in [3.63, 3.8) is 0 Å². The minimum Gasteiger partial charge on any atom is -0.458 e. The topological polar surface area (TPSA) is 132 Å². The molecule has 0 rings (SSSR count). The summed E-state index contributed by atoms with van der Waals surface area (Å²) < 4.78 is 16.9. The van der Waals surface area contributed by atoms with E-state index in [9.17, 15) is 19.2 Å². The summed E-state index contributed by atoms with van der Waals surface area (Å²) in [6, 6.07) is -0.860. The Labute approximate surface area is 367 Å². The number of nitrogens with one attached hydrogen (secondary N) is 3. The molecule has 0 heterocycles. The zero-order chi connectivity index (χ0) is 43.7. The lowest BCUT2D eigenvalue weighted by Crippen LogP contribution is -2.46. The van der Waals surface area contributed by atoms with Gasteiger partial charge in [0.25, 0.3) is 0 Å². The molecule has 2 atom stereocenters. The highest BCUT2D eigenvalue weighted by molar-refractivity contribution is 7.99. The number of amides is 3. The number of carbonyl (C=O) groups excluding carboxylic acids is 4. The number of thioether (sulfide) groups is 1. The van der Waals surface area contributed by atoms with E-state index < -0.39 is 35.9 Å². The fourth-order valence-electron chi connectivity index (χ4n) is 6.86. The lowest BCUT2D eigenvalue weighted by atomic mass is 10.0. The molecule has 0 unspecified atom stereocenters. The molecule has 0 aliphatic rings. The second kappa shape index (κ2) is 41.2. The van der Waals surface area contributed by atoms with Gasteiger partial charge in [-0.25, -0.2) is 14.4 Å². The molecular formula is C48H93N3O7S. The van der Waals surface area contributed by atoms with Gasteiger partial charge in [-0.15, -0.1) is 0 Å². The molecule has 10 nitrogen and oxygen atoms in total. The van der Waals surface area contributed by atoms with Crippen LogP contribution in [-0.2, 0) is 23.8 Å². The maximum Gasteiger partial charge on any atom is 0.407 e. The molecule has 348 valence electrons. The van der Waals surface area contributed by atoms with Crippen LogP contribution in [0.15, 0.2) is 0 Å². The molecular weight excluding hydrogens is 763 g/mol. The van der Waals surface area contributed by atoms with Crippen LogP contribution in [0.4, 0.5) is 9.59 Å². The molecule has 0 fully saturated rings. The standard InChI is InChI=1S/C48H93N3O7S/c1-7-10-13-16-19-22-23-24-25-26-27-30-33-36-44(52)51-43(45(53)58-48(4,5)6)41-59-40-42(57-47(55)50-38-35-32-29-21-18-15-12-9-3)39-56-46(54)49-37-34-31-28-20-17-14-11-8-2/h42-43H,7-41H2,1-6H3,(H,49,54)(H,50,55)(H,51,52)/t42-,43+/m1/s1. The number of alkyl carbamates (subject to hydrolysis) is 2. The Hall–Kier alpha value is -2.17. The normalized spacial score (nSPS) is 12.4. The highest BCUT2D eigenvalue weighted by Crippen LogP contribution is 2.16. The van der Waals surface area contributed by atoms with Crippen LogP contribution < -0.4 is 16.0 Å². The quantitative estimate of drug-likeness (QED) is 0.0315. The number of esters is 1. The summed E-state index contributed by atoms with van der Waals surface area (Å²) in [6.07, 6.45) is 33.3. The minimum atomic E-state index is -0.860. The van der Waals surface area contributed by atoms with Gasteiger partial charge in [0, 0.05) is 31.0 Å². The van der Waals surface area contributed by atoms with Crippen LogP contribution in [0.2, 0.25) is 0 Å². The van der Waals surface area contributed by atoms with Crippen molar-refractivity contribution in [3.8, 4) is 0 Å². The fraction of sp³-hybridized carbons (Fsp3) is 0.917. The van der Waals surface area contributed by atoms with Crippen LogP contribution in [0.25, 0.3) is 0 Å². The van der Waals surface area contributed by atoms with E-state index in [0.29, 0.717) is 19.5 Å². The molecule has 0 bridgehead atoms. The third-order valence-electron chi connectivity index (χ3n) is 10.4. The highest BCUT2D eigenvalue weighted by Gasteiger charge is 2.28. The van der Waals surface area contributed by atoms with E-state index in [-0.39, 0.29) is 24.0 Å². The van der Waals surface area contributed by atoms with Crippen LogP contribution in [0, 0.1) is 0 Å². The Morgan fingerprint density at radius 1 is 0.508 bits per heavy atom. The van der Waals surface area contributed by atoms with Crippen molar-refractivity contribution < 1.29 is 33.4 Å². The Morgan fingerprint density at radius 3 is 1.32 bits per heavy atom. The van der Waals surface area contributed by atoms with Crippen LogP contribution in [0.3, 0.4) is 0 Å². The van der Waals surface area contributed by atoms with E-state index in [1.54, 1.807) is 20.8 Å². The summed E-state index contributed by atoms with van der Waals surface area (Å²) in [5.74, 6) is -0.177. The van der Waals surface area contributed by atoms with Crippen molar-refractivity contribution in [1.82, 2.24) is 16.0 Å². The number of ether oxygens (including phenoxy) is 3. The van der Waals surface area contributed by atoms with Crippen molar-refractivity contribution >= 4 is 35.8 Å². The van der Waals surface area contributed by atoms with Crippen LogP contribution >= 0.6 is 11.8 Å². The van der Waals surface area contributed by atoms with Crippen LogP contribution in [-0.4, -0.2) is 73.0 Å². The van der Waals surface area contributed by atoms with Gasteiger partial charge in [-0.05, 0) is 40.0 Å². The molecule has 11 heteroatoms. The molecule has 0 saturated carbocycles. The lowest BCUT2D eigenvalue weighted by Gasteiger charge is -2.25. The van der Waals surface area contributed by atoms with Gasteiger partial charge in [-0.3, -0.25) is 4.79 Å². The number of carbonyl (C=O) groups is 4. The zero-order valence-electron chi connectivity index (χ0n) is 39.2. The summed E-state index contributed by atoms with van der Waals surface area (Å²) in [4.78, 5) is 51.6. The summed E-state index contributed by atoms with van der Waals surface area (Å²) in [5, 5.41) is 8.57. The summed E-state index contributed by atoms with van der Waals surface area (Å²) >= 11 is 1.35. The molecule has 0 saturated heterocycles. The first-order valence-electron chi connectivity index (χ1n) is 24.5. The Morgan fingerprint density at radius 2 is 0.898 bits per heavy atom. The van der Waals surface area contributed by atoms with Crippen molar-refractivity contribution in [3.05, 3.63) is 0 Å². The SMILES string of the molecule is CCCCCCCCCCCCCCCC(=O)N[C@@H](CSC[C@@H](COC(=O)NCCCCCCCCCC)OC(=O)NCCCCCCCCCC)C(=O)OC(C)(C)C. The highest BCUT2D eigenvalue weighted by atomic mass is 32.2. The van der Waals surface area contributed by atoms with Gasteiger partial charge in [-0.2, -0.15) is 11.8 Å². The summed E-state index contributed by atoms with van der Waals surface area (Å²) in [7, 11) is 0. The first-order valence-corrected chi connectivity index (χ1v) is 25.6. The molecule has 0 aromatic rings. The Bertz CT molecular complexity index is 1010. The average molecular weight is 856 g/mol. The molecule has 3 N–H and O–H groups in total. The molecule has 59 heavy (non-hydrogen) atoms. The molecule has 0 aliphatic heterocycles. The zero-order valence-corrected chi connectivity index (χ0v) is 40.0. The first-order chi connectivity index (χ1) is 28.5. The minimum absolute atomic E-state index is 0.121. The predicted molar refractivity (Wildman–Crippen MR) is 248 cm³/mol. The van der Waals surface area contributed by atoms with Gasteiger partial charge < -0.3 is 30.2 Å². The maximum absolute atomic E-state index is 13.2. The van der Waals surface area contributed by atoms with E-state index in [2.05, 4.69) is 36.7 Å². The van der Waals surface area contributed by atoms with E-state index >= 15 is 0 Å². The van der Waals surface area contributed by atoms with Crippen molar-refractivity contribution in [2.75, 3.05) is 31.2 Å². The number of unbranched alkanes of at least 4 members (excludes halogenated alkanes) is 26. The van der Waals surface area contributed by atoms with Gasteiger partial charge in [-0.1, -0.05) is 188 Å². The lowest BCUT2D eigenvalue weighted by molar-refractivity contribution is -0.157. The van der Waals surface area contributed by atoms with E-state index in [1.807, 2.05) is 0 Å². The summed E-state index contributed by atoms with van der Waals surface area (Å²) in [6.45, 7) is 13.0. The molecule has 0 aromatic heterocycles. The second-order valence-electron chi connectivity index (χ2n) is 17.6. The molecule has 3 amide bonds. The van der Waals surface area contributed by atoms with Crippen molar-refractivity contribution in [2.45, 2.75) is 252 Å². The van der Waals surface area contributed by atoms with Gasteiger partial charge in [0.15, 0.2) is 0 Å². The van der Waals surface area contributed by atoms with Gasteiger partial charge in [0.2, 0.25) is 5.91 Å². The maximum atomic E-state index is 13.2. The van der Waals surface area contributed by atoms with Crippen molar-refractivity contribution in [2.24, 2.45) is 0 Å². The molecule has 0 radical (unpaired) electrons. The monoisotopic (exact) mass is 856 g/mol. The Balaban J connectivity index is 4.95. The Kier molecular flexibility index (Phi) is 39.7. The van der Waals surface area contributed by atoms with E-state index in [0.717, 1.165) is 57.8 Å². The molecule has 0 aliphatic carbocycles. The van der Waals surface area contributed by atoms with Crippen molar-refractivity contribution in [1.29, 1.82) is 0 Å². The van der Waals surface area contributed by atoms with E-state index in [4.69, 9.17) is 14.2 Å². The number of hydrogen-bond donors (Lipinski definition) is 3. The predicted octanol–water partition coefficient (Wildman–Crippen LogP) is 13.1. The fourth-order valence-corrected chi connectivity index (χ4v) is 7.87.